The van der Waals surface area contributed by atoms with Gasteiger partial charge in [-0.05, 0) is 23.6 Å². The van der Waals surface area contributed by atoms with Crippen molar-refractivity contribution >= 4 is 34.5 Å². The molecule has 0 radical (unpaired) electrons. The van der Waals surface area contributed by atoms with E-state index < -0.39 is 11.7 Å². The van der Waals surface area contributed by atoms with Crippen molar-refractivity contribution in [2.24, 2.45) is 5.10 Å². The van der Waals surface area contributed by atoms with Crippen molar-refractivity contribution in [3.05, 3.63) is 76.6 Å². The van der Waals surface area contributed by atoms with Gasteiger partial charge in [0.05, 0.1) is 16.8 Å². The number of hydrogen-bond donors (Lipinski definition) is 2. The van der Waals surface area contributed by atoms with E-state index in [4.69, 9.17) is 11.6 Å². The summed E-state index contributed by atoms with van der Waals surface area (Å²) in [5.41, 5.74) is 2.40. The summed E-state index contributed by atoms with van der Waals surface area (Å²) in [6.07, 6.45) is 1.12. The Balaban J connectivity index is 1.83. The Bertz CT molecular complexity index is 937. The van der Waals surface area contributed by atoms with Gasteiger partial charge in [-0.1, -0.05) is 48.0 Å². The fourth-order valence-electron chi connectivity index (χ4n) is 2.29. The van der Waals surface area contributed by atoms with Crippen molar-refractivity contribution in [2.45, 2.75) is 0 Å². The minimum absolute atomic E-state index is 0.0715. The molecule has 0 heterocycles. The lowest BCUT2D eigenvalue weighted by Crippen LogP contribution is -2.18. The zero-order valence-electron chi connectivity index (χ0n) is 12.3. The highest BCUT2D eigenvalue weighted by Gasteiger charge is 2.13. The van der Waals surface area contributed by atoms with Crippen LogP contribution in [0.2, 0.25) is 5.02 Å². The smallest absolute Gasteiger partial charge is 0.275 e. The van der Waals surface area contributed by atoms with Gasteiger partial charge in [-0.15, -0.1) is 0 Å². The lowest BCUT2D eigenvalue weighted by Gasteiger charge is -2.06. The second kappa shape index (κ2) is 6.68. The zero-order chi connectivity index (χ0) is 17.1. The highest BCUT2D eigenvalue weighted by Crippen LogP contribution is 2.28. The molecular formula is C18H12ClFN2O2. The van der Waals surface area contributed by atoms with Gasteiger partial charge in [-0.3, -0.25) is 4.79 Å². The summed E-state index contributed by atoms with van der Waals surface area (Å²) in [6, 6.07) is 14.6. The monoisotopic (exact) mass is 342 g/mol. The first kappa shape index (κ1) is 16.0. The van der Waals surface area contributed by atoms with Crippen LogP contribution in [0.5, 0.6) is 5.75 Å². The molecule has 4 nitrogen and oxygen atoms in total. The fourth-order valence-corrected chi connectivity index (χ4v) is 2.50. The van der Waals surface area contributed by atoms with Crippen molar-refractivity contribution in [3.8, 4) is 5.75 Å². The summed E-state index contributed by atoms with van der Waals surface area (Å²) >= 11 is 5.87. The van der Waals surface area contributed by atoms with E-state index in [9.17, 15) is 14.3 Å². The molecule has 0 spiro atoms. The van der Waals surface area contributed by atoms with Gasteiger partial charge in [0.2, 0.25) is 0 Å². The van der Waals surface area contributed by atoms with Crippen LogP contribution >= 0.6 is 11.6 Å². The number of benzene rings is 3. The second-order valence-electron chi connectivity index (χ2n) is 5.02. The quantitative estimate of drug-likeness (QED) is 0.556. The molecule has 0 aliphatic rings. The number of carbonyl (C=O) groups excluding carboxylic acids is 1. The van der Waals surface area contributed by atoms with Gasteiger partial charge in [0.15, 0.2) is 0 Å². The number of hydrazone groups is 1. The predicted molar refractivity (Wildman–Crippen MR) is 92.1 cm³/mol. The van der Waals surface area contributed by atoms with Gasteiger partial charge in [-0.25, -0.2) is 9.82 Å². The minimum Gasteiger partial charge on any atom is -0.506 e. The van der Waals surface area contributed by atoms with E-state index in [1.807, 2.05) is 12.1 Å². The van der Waals surface area contributed by atoms with Crippen LogP contribution in [0, 0.1) is 5.82 Å². The average Bonchev–Trinajstić information content (AvgIpc) is 2.58. The number of nitrogens with one attached hydrogen (secondary N) is 1. The molecule has 0 aliphatic carbocycles. The molecule has 0 aromatic heterocycles. The van der Waals surface area contributed by atoms with Crippen molar-refractivity contribution < 1.29 is 14.3 Å². The Labute approximate surface area is 142 Å². The standard InChI is InChI=1S/C18H12ClFN2O2/c19-15-6-3-7-16(20)14(15)10-21-22-18(24)13-9-8-11-4-1-2-5-12(11)17(13)23/h1-10,23H,(H,22,24)/b21-10+. The third-order valence-electron chi connectivity index (χ3n) is 3.50. The molecule has 1 amide bonds. The van der Waals surface area contributed by atoms with Crippen LogP contribution in [0.1, 0.15) is 15.9 Å². The third kappa shape index (κ3) is 3.07. The first-order valence-electron chi connectivity index (χ1n) is 7.06. The maximum absolute atomic E-state index is 13.6. The van der Waals surface area contributed by atoms with Gasteiger partial charge in [0.1, 0.15) is 11.6 Å². The number of amides is 1. The topological polar surface area (TPSA) is 61.7 Å². The minimum atomic E-state index is -0.609. The number of halogens is 2. The first-order chi connectivity index (χ1) is 11.6. The largest absolute Gasteiger partial charge is 0.506 e. The molecule has 0 aliphatic heterocycles. The summed E-state index contributed by atoms with van der Waals surface area (Å²) in [5, 5.41) is 15.5. The third-order valence-corrected chi connectivity index (χ3v) is 3.83. The highest BCUT2D eigenvalue weighted by molar-refractivity contribution is 6.33. The number of phenols is 1. The van der Waals surface area contributed by atoms with Crippen LogP contribution in [-0.2, 0) is 0 Å². The van der Waals surface area contributed by atoms with Crippen LogP contribution in [0.25, 0.3) is 10.8 Å². The Kier molecular flexibility index (Phi) is 4.44. The molecule has 0 saturated carbocycles. The van der Waals surface area contributed by atoms with Gasteiger partial charge in [0, 0.05) is 10.9 Å². The summed E-state index contributed by atoms with van der Waals surface area (Å²) in [5.74, 6) is -1.29. The molecule has 24 heavy (non-hydrogen) atoms. The van der Waals surface area contributed by atoms with Crippen LogP contribution in [0.4, 0.5) is 4.39 Å². The Hall–Kier alpha value is -2.92. The molecule has 0 fully saturated rings. The lowest BCUT2D eigenvalue weighted by atomic mass is 10.1. The van der Waals surface area contributed by atoms with Crippen molar-refractivity contribution in [1.82, 2.24) is 5.43 Å². The van der Waals surface area contributed by atoms with E-state index in [1.165, 1.54) is 24.3 Å². The number of carbonyl (C=O) groups is 1. The number of hydrogen-bond acceptors (Lipinski definition) is 3. The first-order valence-corrected chi connectivity index (χ1v) is 7.44. The van der Waals surface area contributed by atoms with Crippen LogP contribution in [0.3, 0.4) is 0 Å². The average molecular weight is 343 g/mol. The van der Waals surface area contributed by atoms with Crippen LogP contribution in [0.15, 0.2) is 59.7 Å². The zero-order valence-corrected chi connectivity index (χ0v) is 13.1. The number of rotatable bonds is 3. The van der Waals surface area contributed by atoms with E-state index >= 15 is 0 Å². The van der Waals surface area contributed by atoms with Crippen molar-refractivity contribution in [3.63, 3.8) is 0 Å². The fraction of sp³-hybridized carbons (Fsp3) is 0. The maximum atomic E-state index is 13.6. The molecule has 3 aromatic rings. The summed E-state index contributed by atoms with van der Waals surface area (Å²) in [6.45, 7) is 0. The molecule has 0 unspecified atom stereocenters. The summed E-state index contributed by atoms with van der Waals surface area (Å²) in [7, 11) is 0. The number of nitrogens with zero attached hydrogens (tertiary/aromatic N) is 1. The molecule has 3 aromatic carbocycles. The van der Waals surface area contributed by atoms with Gasteiger partial charge >= 0.3 is 0 Å². The van der Waals surface area contributed by atoms with Gasteiger partial charge in [-0.2, -0.15) is 5.10 Å². The van der Waals surface area contributed by atoms with E-state index in [0.29, 0.717) is 5.39 Å². The van der Waals surface area contributed by atoms with Crippen LogP contribution < -0.4 is 5.43 Å². The van der Waals surface area contributed by atoms with Crippen molar-refractivity contribution in [1.29, 1.82) is 0 Å². The van der Waals surface area contributed by atoms with Gasteiger partial charge < -0.3 is 5.11 Å². The summed E-state index contributed by atoms with van der Waals surface area (Å²) in [4.78, 5) is 12.2. The lowest BCUT2D eigenvalue weighted by molar-refractivity contribution is 0.0952. The Morgan fingerprint density at radius 2 is 1.92 bits per heavy atom. The number of aromatic hydroxyl groups is 1. The van der Waals surface area contributed by atoms with Crippen LogP contribution in [-0.4, -0.2) is 17.2 Å². The predicted octanol–water partition coefficient (Wildman–Crippen LogP) is 4.10. The molecule has 0 bridgehead atoms. The molecule has 0 atom stereocenters. The Morgan fingerprint density at radius 3 is 2.71 bits per heavy atom. The number of phenolic OH excluding ortho intramolecular Hbond substituents is 1. The number of fused-ring (bicyclic) bond motifs is 1. The molecule has 2 N–H and O–H groups in total. The summed E-state index contributed by atoms with van der Waals surface area (Å²) < 4.78 is 13.6. The molecular weight excluding hydrogens is 331 g/mol. The molecule has 3 rings (SSSR count). The Morgan fingerprint density at radius 1 is 1.12 bits per heavy atom. The van der Waals surface area contributed by atoms with Crippen molar-refractivity contribution in [2.75, 3.05) is 0 Å². The van der Waals surface area contributed by atoms with Gasteiger partial charge in [0.25, 0.3) is 5.91 Å². The molecule has 0 saturated heterocycles. The normalized spacial score (nSPS) is 11.1. The van der Waals surface area contributed by atoms with E-state index in [1.54, 1.807) is 18.2 Å². The SMILES string of the molecule is O=C(N/N=C/c1c(F)cccc1Cl)c1ccc2ccccc2c1O. The maximum Gasteiger partial charge on any atom is 0.275 e. The molecule has 120 valence electrons. The van der Waals surface area contributed by atoms with E-state index in [-0.39, 0.29) is 21.9 Å². The van der Waals surface area contributed by atoms with E-state index in [0.717, 1.165) is 11.6 Å². The second-order valence-corrected chi connectivity index (χ2v) is 5.42. The van der Waals surface area contributed by atoms with E-state index in [2.05, 4.69) is 10.5 Å². The molecule has 6 heteroatoms. The highest BCUT2D eigenvalue weighted by atomic mass is 35.5.